The Morgan fingerprint density at radius 1 is 0.619 bits per heavy atom. The Labute approximate surface area is 250 Å². The lowest BCUT2D eigenvalue weighted by Gasteiger charge is -2.34. The van der Waals surface area contributed by atoms with Crippen molar-refractivity contribution in [1.82, 2.24) is 0 Å². The van der Waals surface area contributed by atoms with Gasteiger partial charge >= 0.3 is 11.9 Å². The number of benzene rings is 2. The van der Waals surface area contributed by atoms with Gasteiger partial charge in [0, 0.05) is 28.7 Å². The van der Waals surface area contributed by atoms with E-state index in [1.54, 1.807) is 12.1 Å². The topological polar surface area (TPSA) is 89.5 Å². The number of hydrogen-bond donors (Lipinski definition) is 0. The van der Waals surface area contributed by atoms with Crippen molar-refractivity contribution >= 4 is 11.9 Å². The largest absolute Gasteiger partial charge is 0.489 e. The Bertz CT molecular complexity index is 1130. The molecular formula is C34H46O8. The minimum atomic E-state index is -0.692. The molecule has 0 radical (unpaired) electrons. The van der Waals surface area contributed by atoms with E-state index in [0.29, 0.717) is 55.8 Å². The third-order valence-corrected chi connectivity index (χ3v) is 6.60. The van der Waals surface area contributed by atoms with Gasteiger partial charge in [0.05, 0.1) is 26.4 Å². The summed E-state index contributed by atoms with van der Waals surface area (Å²) in [5, 5.41) is 0. The van der Waals surface area contributed by atoms with Crippen LogP contribution in [0.3, 0.4) is 0 Å². The highest BCUT2D eigenvalue weighted by Gasteiger charge is 2.38. The van der Waals surface area contributed by atoms with Crippen LogP contribution >= 0.6 is 0 Å². The third kappa shape index (κ3) is 8.30. The maximum Gasteiger partial charge on any atom is 0.335 e. The molecule has 0 aliphatic carbocycles. The maximum atomic E-state index is 12.2. The summed E-state index contributed by atoms with van der Waals surface area (Å²) < 4.78 is 36.2. The van der Waals surface area contributed by atoms with E-state index < -0.39 is 17.4 Å². The summed E-state index contributed by atoms with van der Waals surface area (Å²) in [4.78, 5) is 24.4. The number of esters is 2. The smallest absolute Gasteiger partial charge is 0.335 e. The van der Waals surface area contributed by atoms with Gasteiger partial charge in [-0.25, -0.2) is 9.59 Å². The molecule has 2 aromatic carbocycles. The van der Waals surface area contributed by atoms with Gasteiger partial charge in [0.25, 0.3) is 0 Å². The zero-order valence-corrected chi connectivity index (χ0v) is 26.0. The van der Waals surface area contributed by atoms with E-state index in [-0.39, 0.29) is 11.5 Å². The molecule has 42 heavy (non-hydrogen) atoms. The highest BCUT2D eigenvalue weighted by molar-refractivity contribution is 5.85. The predicted molar refractivity (Wildman–Crippen MR) is 164 cm³/mol. The fourth-order valence-electron chi connectivity index (χ4n) is 4.32. The van der Waals surface area contributed by atoms with Crippen LogP contribution < -0.4 is 28.4 Å². The molecule has 0 spiro atoms. The summed E-state index contributed by atoms with van der Waals surface area (Å²) in [5.74, 6) is 1.00. The number of ether oxygens (including phenoxy) is 6. The third-order valence-electron chi connectivity index (χ3n) is 6.60. The fourth-order valence-corrected chi connectivity index (χ4v) is 4.32. The number of carbonyl (C=O) groups excluding carboxylic acids is 2. The van der Waals surface area contributed by atoms with E-state index >= 15 is 0 Å². The minimum Gasteiger partial charge on any atom is -0.489 e. The van der Waals surface area contributed by atoms with Crippen molar-refractivity contribution in [2.45, 2.75) is 79.1 Å². The van der Waals surface area contributed by atoms with Crippen molar-refractivity contribution in [1.29, 1.82) is 0 Å². The van der Waals surface area contributed by atoms with E-state index in [1.165, 1.54) is 0 Å². The van der Waals surface area contributed by atoms with Gasteiger partial charge in [-0.3, -0.25) is 0 Å². The van der Waals surface area contributed by atoms with Crippen LogP contribution in [0.5, 0.6) is 34.5 Å². The van der Waals surface area contributed by atoms with E-state index in [0.717, 1.165) is 49.0 Å². The van der Waals surface area contributed by atoms with E-state index in [4.69, 9.17) is 28.4 Å². The molecule has 2 rings (SSSR count). The second-order valence-electron chi connectivity index (χ2n) is 9.87. The Morgan fingerprint density at radius 2 is 0.952 bits per heavy atom. The van der Waals surface area contributed by atoms with Gasteiger partial charge in [-0.05, 0) is 44.2 Å². The van der Waals surface area contributed by atoms with Gasteiger partial charge in [-0.15, -0.1) is 0 Å². The number of carbonyl (C=O) groups is 2. The van der Waals surface area contributed by atoms with Crippen LogP contribution in [0.2, 0.25) is 0 Å². The highest BCUT2D eigenvalue weighted by Crippen LogP contribution is 2.53. The van der Waals surface area contributed by atoms with Crippen LogP contribution in [0.25, 0.3) is 0 Å². The zero-order chi connectivity index (χ0) is 31.1. The lowest BCUT2D eigenvalue weighted by Crippen LogP contribution is -2.26. The summed E-state index contributed by atoms with van der Waals surface area (Å²) in [5.41, 5.74) is 0.950. The molecule has 0 amide bonds. The predicted octanol–water partition coefficient (Wildman–Crippen LogP) is 7.74. The zero-order valence-electron chi connectivity index (χ0n) is 26.0. The molecule has 230 valence electrons. The van der Waals surface area contributed by atoms with Crippen molar-refractivity contribution in [2.75, 3.05) is 26.4 Å². The quantitative estimate of drug-likeness (QED) is 0.0944. The molecule has 8 heteroatoms. The molecule has 0 saturated carbocycles. The normalized spacial score (nSPS) is 10.9. The van der Waals surface area contributed by atoms with Gasteiger partial charge in [0.1, 0.15) is 0 Å². The van der Waals surface area contributed by atoms with Crippen LogP contribution in [-0.2, 0) is 15.0 Å². The number of hydrogen-bond acceptors (Lipinski definition) is 8. The summed E-state index contributed by atoms with van der Waals surface area (Å²) in [6.07, 6.45) is 5.86. The Kier molecular flexibility index (Phi) is 14.0. The molecular weight excluding hydrogens is 536 g/mol. The van der Waals surface area contributed by atoms with Gasteiger partial charge in [0.2, 0.25) is 11.5 Å². The van der Waals surface area contributed by atoms with Crippen LogP contribution in [0.1, 0.15) is 84.8 Å². The lowest BCUT2D eigenvalue weighted by atomic mass is 9.73. The molecule has 0 bridgehead atoms. The molecule has 0 heterocycles. The lowest BCUT2D eigenvalue weighted by molar-refractivity contribution is -0.130. The molecule has 0 fully saturated rings. The molecule has 0 saturated heterocycles. The molecule has 8 nitrogen and oxygen atoms in total. The summed E-state index contributed by atoms with van der Waals surface area (Å²) in [7, 11) is 0. The summed E-state index contributed by atoms with van der Waals surface area (Å²) in [6.45, 7) is 20.9. The average Bonchev–Trinajstić information content (AvgIpc) is 3.00. The van der Waals surface area contributed by atoms with Gasteiger partial charge in [-0.2, -0.15) is 0 Å². The van der Waals surface area contributed by atoms with E-state index in [9.17, 15) is 9.59 Å². The Balaban J connectivity index is 2.94. The van der Waals surface area contributed by atoms with Crippen molar-refractivity contribution in [2.24, 2.45) is 0 Å². The van der Waals surface area contributed by atoms with Crippen molar-refractivity contribution in [3.8, 4) is 34.5 Å². The van der Waals surface area contributed by atoms with Crippen LogP contribution in [0, 0.1) is 0 Å². The van der Waals surface area contributed by atoms with Gasteiger partial charge in [-0.1, -0.05) is 66.8 Å². The molecule has 0 N–H and O–H groups in total. The highest BCUT2D eigenvalue weighted by atomic mass is 16.6. The van der Waals surface area contributed by atoms with Gasteiger partial charge < -0.3 is 28.4 Å². The van der Waals surface area contributed by atoms with Crippen LogP contribution in [0.15, 0.2) is 49.6 Å². The molecule has 0 aliphatic heterocycles. The summed E-state index contributed by atoms with van der Waals surface area (Å²) in [6, 6.07) is 7.22. The second kappa shape index (κ2) is 17.1. The molecule has 0 aromatic heterocycles. The van der Waals surface area contributed by atoms with Crippen molar-refractivity contribution in [3.63, 3.8) is 0 Å². The monoisotopic (exact) mass is 582 g/mol. The van der Waals surface area contributed by atoms with Crippen molar-refractivity contribution < 1.29 is 38.0 Å². The average molecular weight is 583 g/mol. The first-order valence-corrected chi connectivity index (χ1v) is 14.8. The first kappa shape index (κ1) is 34.3. The Morgan fingerprint density at radius 3 is 1.24 bits per heavy atom. The molecule has 0 unspecified atom stereocenters. The fraction of sp³-hybridized carbons (Fsp3) is 0.471. The first-order valence-electron chi connectivity index (χ1n) is 14.8. The summed E-state index contributed by atoms with van der Waals surface area (Å²) >= 11 is 0. The maximum absolute atomic E-state index is 12.2. The molecule has 2 aromatic rings. The minimum absolute atomic E-state index is 0.253. The Hall–Kier alpha value is -3.94. The van der Waals surface area contributed by atoms with Crippen molar-refractivity contribution in [3.05, 3.63) is 60.7 Å². The standard InChI is InChI=1S/C34H46O8/c1-9-20-37-30-24(16-18-26(41-28(35)13-5)32(30)39-22-11-3)34(8,15-7)25-17-19-27(42-29(36)14-6)33(40-23-12-4)31(25)38-21-10-2/h13-14,16-19H,5-6,9-12,15,20-23H2,1-4,7-8H3. The van der Waals surface area contributed by atoms with Crippen LogP contribution in [-0.4, -0.2) is 38.4 Å². The first-order chi connectivity index (χ1) is 20.3. The SMILES string of the molecule is C=CC(=O)Oc1ccc(C(C)(CC)c2ccc(OC(=O)C=C)c(OCCC)c2OCCC)c(OCCC)c1OCCC. The number of rotatable bonds is 19. The molecule has 0 atom stereocenters. The van der Waals surface area contributed by atoms with E-state index in [1.807, 2.05) is 39.8 Å². The molecule has 0 aliphatic rings. The van der Waals surface area contributed by atoms with Crippen LogP contribution in [0.4, 0.5) is 0 Å². The van der Waals surface area contributed by atoms with Gasteiger partial charge in [0.15, 0.2) is 23.0 Å². The van der Waals surface area contributed by atoms with E-state index in [2.05, 4.69) is 27.0 Å². The second-order valence-corrected chi connectivity index (χ2v) is 9.87.